The van der Waals surface area contributed by atoms with Crippen molar-refractivity contribution in [1.29, 1.82) is 0 Å². The van der Waals surface area contributed by atoms with E-state index in [0.717, 1.165) is 43.1 Å². The molecule has 6 nitrogen and oxygen atoms in total. The van der Waals surface area contributed by atoms with E-state index in [1.54, 1.807) is 6.26 Å². The number of hydrogen-bond acceptors (Lipinski definition) is 4. The molecule has 25 heavy (non-hydrogen) atoms. The second-order valence-electron chi connectivity index (χ2n) is 6.72. The quantitative estimate of drug-likeness (QED) is 0.532. The summed E-state index contributed by atoms with van der Waals surface area (Å²) in [6.45, 7) is 6.27. The van der Waals surface area contributed by atoms with Crippen molar-refractivity contribution in [2.45, 2.75) is 33.2 Å². The first-order chi connectivity index (χ1) is 12.1. The Kier molecular flexibility index (Phi) is 5.38. The lowest BCUT2D eigenvalue weighted by Gasteiger charge is -2.16. The van der Waals surface area contributed by atoms with Crippen LogP contribution >= 0.6 is 0 Å². The summed E-state index contributed by atoms with van der Waals surface area (Å²) < 4.78 is 5.57. The Balaban J connectivity index is 1.61. The van der Waals surface area contributed by atoms with Gasteiger partial charge in [-0.05, 0) is 38.8 Å². The molecule has 2 aromatic rings. The molecule has 3 N–H and O–H groups in total. The van der Waals surface area contributed by atoms with E-state index in [4.69, 9.17) is 4.42 Å². The van der Waals surface area contributed by atoms with Crippen LogP contribution in [0.25, 0.3) is 11.5 Å². The summed E-state index contributed by atoms with van der Waals surface area (Å²) in [6, 6.07) is 8.09. The Morgan fingerprint density at radius 1 is 1.28 bits per heavy atom. The topological polar surface area (TPSA) is 82.7 Å². The standard InChI is InChI=1S/C19H26N4O2/c1-3-20-18(22-12-19(13-24)8-9-19)21-10-16-11-25-17(23-16)15-6-4-14(2)5-7-15/h4-7,11,24H,3,8-10,12-13H2,1-2H3,(H2,20,21,22). The lowest BCUT2D eigenvalue weighted by atomic mass is 10.1. The van der Waals surface area contributed by atoms with Crippen molar-refractivity contribution >= 4 is 5.96 Å². The number of aliphatic imine (C=N–C) groups is 1. The summed E-state index contributed by atoms with van der Waals surface area (Å²) in [5.74, 6) is 1.35. The molecule has 0 aliphatic heterocycles. The molecule has 1 aromatic heterocycles. The average molecular weight is 342 g/mol. The number of nitrogens with zero attached hydrogens (tertiary/aromatic N) is 2. The van der Waals surface area contributed by atoms with Crippen LogP contribution in [0.2, 0.25) is 0 Å². The highest BCUT2D eigenvalue weighted by Gasteiger charge is 2.41. The summed E-state index contributed by atoms with van der Waals surface area (Å²) in [5, 5.41) is 15.9. The molecular formula is C19H26N4O2. The number of benzene rings is 1. The fraction of sp³-hybridized carbons (Fsp3) is 0.474. The van der Waals surface area contributed by atoms with Crippen LogP contribution in [0.1, 0.15) is 31.0 Å². The van der Waals surface area contributed by atoms with Crippen molar-refractivity contribution < 1.29 is 9.52 Å². The van der Waals surface area contributed by atoms with Gasteiger partial charge in [0.15, 0.2) is 5.96 Å². The summed E-state index contributed by atoms with van der Waals surface area (Å²) in [7, 11) is 0. The number of hydrogen-bond donors (Lipinski definition) is 3. The van der Waals surface area contributed by atoms with E-state index >= 15 is 0 Å². The molecule has 1 fully saturated rings. The van der Waals surface area contributed by atoms with Gasteiger partial charge in [-0.3, -0.25) is 0 Å². The molecule has 1 aliphatic rings. The number of guanidine groups is 1. The lowest BCUT2D eigenvalue weighted by molar-refractivity contribution is 0.212. The molecule has 1 aromatic carbocycles. The van der Waals surface area contributed by atoms with Crippen LogP contribution in [0.3, 0.4) is 0 Å². The van der Waals surface area contributed by atoms with Gasteiger partial charge in [-0.1, -0.05) is 17.7 Å². The molecule has 0 bridgehead atoms. The van der Waals surface area contributed by atoms with Crippen LogP contribution in [0.5, 0.6) is 0 Å². The van der Waals surface area contributed by atoms with Crippen molar-refractivity contribution in [3.63, 3.8) is 0 Å². The maximum Gasteiger partial charge on any atom is 0.226 e. The van der Waals surface area contributed by atoms with Crippen LogP contribution in [-0.4, -0.2) is 35.7 Å². The maximum absolute atomic E-state index is 9.41. The smallest absolute Gasteiger partial charge is 0.226 e. The normalized spacial score (nSPS) is 15.9. The summed E-state index contributed by atoms with van der Waals surface area (Å²) in [5.41, 5.74) is 3.00. The lowest BCUT2D eigenvalue weighted by Crippen LogP contribution is -2.41. The number of aryl methyl sites for hydroxylation is 1. The highest BCUT2D eigenvalue weighted by atomic mass is 16.3. The predicted molar refractivity (Wildman–Crippen MR) is 98.2 cm³/mol. The Morgan fingerprint density at radius 3 is 2.68 bits per heavy atom. The van der Waals surface area contributed by atoms with Crippen molar-refractivity contribution in [3.05, 3.63) is 41.8 Å². The molecule has 1 saturated carbocycles. The number of aliphatic hydroxyl groups excluding tert-OH is 1. The minimum atomic E-state index is 0.0443. The summed E-state index contributed by atoms with van der Waals surface area (Å²) in [6.07, 6.45) is 3.79. The predicted octanol–water partition coefficient (Wildman–Crippen LogP) is 2.48. The third kappa shape index (κ3) is 4.60. The van der Waals surface area contributed by atoms with E-state index < -0.39 is 0 Å². The molecule has 1 aliphatic carbocycles. The second-order valence-corrected chi connectivity index (χ2v) is 6.72. The Labute approximate surface area is 148 Å². The van der Waals surface area contributed by atoms with Gasteiger partial charge in [0.1, 0.15) is 12.0 Å². The van der Waals surface area contributed by atoms with Crippen molar-refractivity contribution in [1.82, 2.24) is 15.6 Å². The zero-order valence-corrected chi connectivity index (χ0v) is 14.9. The third-order valence-corrected chi connectivity index (χ3v) is 4.52. The Hall–Kier alpha value is -2.34. The first kappa shape index (κ1) is 17.5. The van der Waals surface area contributed by atoms with Crippen LogP contribution in [0.4, 0.5) is 0 Å². The molecule has 0 atom stereocenters. The van der Waals surface area contributed by atoms with E-state index in [1.165, 1.54) is 5.56 Å². The number of rotatable bonds is 7. The highest BCUT2D eigenvalue weighted by molar-refractivity contribution is 5.79. The van der Waals surface area contributed by atoms with Gasteiger partial charge in [0.05, 0.1) is 13.2 Å². The van der Waals surface area contributed by atoms with Crippen molar-refractivity contribution in [2.75, 3.05) is 19.7 Å². The van der Waals surface area contributed by atoms with Crippen LogP contribution < -0.4 is 10.6 Å². The van der Waals surface area contributed by atoms with Gasteiger partial charge in [0.25, 0.3) is 0 Å². The number of oxazole rings is 1. The van der Waals surface area contributed by atoms with Crippen LogP contribution in [0, 0.1) is 12.3 Å². The fourth-order valence-electron chi connectivity index (χ4n) is 2.55. The van der Waals surface area contributed by atoms with E-state index in [9.17, 15) is 5.11 Å². The van der Waals surface area contributed by atoms with Gasteiger partial charge in [-0.2, -0.15) is 0 Å². The molecule has 0 saturated heterocycles. The number of aliphatic hydroxyl groups is 1. The van der Waals surface area contributed by atoms with E-state index in [-0.39, 0.29) is 12.0 Å². The molecule has 3 rings (SSSR count). The molecule has 6 heteroatoms. The maximum atomic E-state index is 9.41. The third-order valence-electron chi connectivity index (χ3n) is 4.52. The summed E-state index contributed by atoms with van der Waals surface area (Å²) >= 11 is 0. The van der Waals surface area contributed by atoms with Crippen LogP contribution in [-0.2, 0) is 6.54 Å². The largest absolute Gasteiger partial charge is 0.444 e. The molecule has 134 valence electrons. The van der Waals surface area contributed by atoms with E-state index in [2.05, 4.69) is 27.5 Å². The minimum absolute atomic E-state index is 0.0443. The highest BCUT2D eigenvalue weighted by Crippen LogP contribution is 2.44. The van der Waals surface area contributed by atoms with E-state index in [1.807, 2.05) is 31.2 Å². The van der Waals surface area contributed by atoms with Gasteiger partial charge in [0, 0.05) is 24.1 Å². The molecule has 1 heterocycles. The molecule has 0 radical (unpaired) electrons. The zero-order chi connectivity index (χ0) is 17.7. The van der Waals surface area contributed by atoms with Gasteiger partial charge < -0.3 is 20.2 Å². The Bertz CT molecular complexity index is 717. The minimum Gasteiger partial charge on any atom is -0.444 e. The first-order valence-electron chi connectivity index (χ1n) is 8.79. The molecule has 0 spiro atoms. The van der Waals surface area contributed by atoms with Crippen LogP contribution in [0.15, 0.2) is 39.9 Å². The van der Waals surface area contributed by atoms with Crippen molar-refractivity contribution in [3.8, 4) is 11.5 Å². The first-order valence-corrected chi connectivity index (χ1v) is 8.79. The second kappa shape index (κ2) is 7.70. The fourth-order valence-corrected chi connectivity index (χ4v) is 2.55. The van der Waals surface area contributed by atoms with Crippen molar-refractivity contribution in [2.24, 2.45) is 10.4 Å². The number of nitrogens with one attached hydrogen (secondary N) is 2. The average Bonchev–Trinajstić information content (AvgIpc) is 3.26. The van der Waals surface area contributed by atoms with E-state index in [0.29, 0.717) is 12.4 Å². The molecule has 0 amide bonds. The monoisotopic (exact) mass is 342 g/mol. The zero-order valence-electron chi connectivity index (χ0n) is 14.9. The molecule has 0 unspecified atom stereocenters. The SMILES string of the molecule is CCNC(=NCc1coc(-c2ccc(C)cc2)n1)NCC1(CO)CC1. The van der Waals surface area contributed by atoms with Gasteiger partial charge in [-0.15, -0.1) is 0 Å². The van der Waals surface area contributed by atoms with Gasteiger partial charge >= 0.3 is 0 Å². The van der Waals surface area contributed by atoms with Gasteiger partial charge in [-0.25, -0.2) is 9.98 Å². The Morgan fingerprint density at radius 2 is 2.04 bits per heavy atom. The molecular weight excluding hydrogens is 316 g/mol. The number of aromatic nitrogens is 1. The summed E-state index contributed by atoms with van der Waals surface area (Å²) in [4.78, 5) is 9.07. The van der Waals surface area contributed by atoms with Gasteiger partial charge in [0.2, 0.25) is 5.89 Å².